The van der Waals surface area contributed by atoms with Crippen LogP contribution in [0.1, 0.15) is 6.42 Å². The number of ether oxygens (including phenoxy) is 1. The number of esters is 1. The number of benzene rings is 2. The highest BCUT2D eigenvalue weighted by Crippen LogP contribution is 2.27. The van der Waals surface area contributed by atoms with E-state index in [4.69, 9.17) is 0 Å². The summed E-state index contributed by atoms with van der Waals surface area (Å²) in [6, 6.07) is 7.95. The van der Waals surface area contributed by atoms with E-state index in [0.29, 0.717) is 10.8 Å². The van der Waals surface area contributed by atoms with Gasteiger partial charge in [-0.2, -0.15) is 8.42 Å². The SMILES string of the molecule is COC(=O)CCS(=O)(=O)Nc1cccc2cc(S(=O)(=O)F)ccc12. The van der Waals surface area contributed by atoms with Gasteiger partial charge in [0.05, 0.1) is 29.9 Å². The molecule has 0 atom stereocenters. The van der Waals surface area contributed by atoms with Crippen molar-refractivity contribution in [2.75, 3.05) is 17.6 Å². The van der Waals surface area contributed by atoms with Gasteiger partial charge in [-0.1, -0.05) is 18.2 Å². The van der Waals surface area contributed by atoms with E-state index in [0.717, 1.165) is 19.2 Å². The number of hydrogen-bond acceptors (Lipinski definition) is 6. The van der Waals surface area contributed by atoms with Crippen LogP contribution in [0.15, 0.2) is 41.3 Å². The highest BCUT2D eigenvalue weighted by molar-refractivity contribution is 7.92. The molecule has 0 radical (unpaired) electrons. The highest BCUT2D eigenvalue weighted by Gasteiger charge is 2.17. The standard InChI is InChI=1S/C14H14FNO6S2/c1-22-14(17)7-8-23(18,19)16-13-4-2-3-10-9-11(24(15,20)21)5-6-12(10)13/h2-6,9,16H,7-8H2,1H3. The summed E-state index contributed by atoms with van der Waals surface area (Å²) in [7, 11) is -7.51. The number of methoxy groups -OCH3 is 1. The summed E-state index contributed by atoms with van der Waals surface area (Å²) in [5.41, 5.74) is 0.195. The Balaban J connectivity index is 2.34. The fraction of sp³-hybridized carbons (Fsp3) is 0.214. The average Bonchev–Trinajstić information content (AvgIpc) is 2.51. The Morgan fingerprint density at radius 2 is 1.88 bits per heavy atom. The second-order valence-corrected chi connectivity index (χ2v) is 8.06. The van der Waals surface area contributed by atoms with Crippen LogP contribution in [0, 0.1) is 0 Å². The minimum absolute atomic E-state index is 0.195. The van der Waals surface area contributed by atoms with Crippen LogP contribution in [0.4, 0.5) is 9.57 Å². The summed E-state index contributed by atoms with van der Waals surface area (Å²) >= 11 is 0. The van der Waals surface area contributed by atoms with E-state index in [2.05, 4.69) is 9.46 Å². The van der Waals surface area contributed by atoms with Gasteiger partial charge in [0.2, 0.25) is 10.0 Å². The van der Waals surface area contributed by atoms with Crippen LogP contribution in [0.5, 0.6) is 0 Å². The summed E-state index contributed by atoms with van der Waals surface area (Å²) in [6.07, 6.45) is -0.305. The van der Waals surface area contributed by atoms with E-state index in [1.807, 2.05) is 0 Å². The van der Waals surface area contributed by atoms with Crippen molar-refractivity contribution < 1.29 is 30.3 Å². The Hall–Kier alpha value is -2.20. The molecule has 2 aromatic carbocycles. The number of fused-ring (bicyclic) bond motifs is 1. The summed E-state index contributed by atoms with van der Waals surface area (Å²) < 4.78 is 65.7. The predicted molar refractivity (Wildman–Crippen MR) is 86.3 cm³/mol. The second kappa shape index (κ2) is 6.73. The molecule has 10 heteroatoms. The first kappa shape index (κ1) is 18.1. The largest absolute Gasteiger partial charge is 0.469 e. The second-order valence-electron chi connectivity index (χ2n) is 4.87. The number of nitrogens with one attached hydrogen (secondary N) is 1. The van der Waals surface area contributed by atoms with Crippen molar-refractivity contribution in [2.24, 2.45) is 0 Å². The van der Waals surface area contributed by atoms with Gasteiger partial charge < -0.3 is 4.74 Å². The van der Waals surface area contributed by atoms with Crippen LogP contribution >= 0.6 is 0 Å². The van der Waals surface area contributed by atoms with Crippen molar-refractivity contribution in [1.29, 1.82) is 0 Å². The number of halogens is 1. The van der Waals surface area contributed by atoms with Gasteiger partial charge in [0.15, 0.2) is 0 Å². The van der Waals surface area contributed by atoms with Gasteiger partial charge in [-0.05, 0) is 23.6 Å². The first-order valence-electron chi connectivity index (χ1n) is 6.67. The first-order valence-corrected chi connectivity index (χ1v) is 9.71. The molecule has 0 spiro atoms. The van der Waals surface area contributed by atoms with Gasteiger partial charge in [-0.25, -0.2) is 8.42 Å². The van der Waals surface area contributed by atoms with Crippen molar-refractivity contribution in [1.82, 2.24) is 0 Å². The zero-order valence-electron chi connectivity index (χ0n) is 12.5. The Bertz CT molecular complexity index is 985. The molecule has 0 aliphatic heterocycles. The van der Waals surface area contributed by atoms with Crippen LogP contribution in [0.3, 0.4) is 0 Å². The molecule has 2 aromatic rings. The van der Waals surface area contributed by atoms with E-state index in [9.17, 15) is 25.5 Å². The van der Waals surface area contributed by atoms with Crippen LogP contribution in [0.2, 0.25) is 0 Å². The van der Waals surface area contributed by atoms with E-state index >= 15 is 0 Å². The maximum Gasteiger partial charge on any atom is 0.332 e. The van der Waals surface area contributed by atoms with Crippen molar-refractivity contribution >= 4 is 42.7 Å². The van der Waals surface area contributed by atoms with Gasteiger partial charge in [-0.15, -0.1) is 3.89 Å². The topological polar surface area (TPSA) is 107 Å². The molecular weight excluding hydrogens is 361 g/mol. The molecule has 1 N–H and O–H groups in total. The number of carbonyl (C=O) groups excluding carboxylic acids is 1. The van der Waals surface area contributed by atoms with Gasteiger partial charge >= 0.3 is 16.2 Å². The molecular formula is C14H14FNO6S2. The lowest BCUT2D eigenvalue weighted by atomic mass is 10.1. The van der Waals surface area contributed by atoms with Gasteiger partial charge in [0.1, 0.15) is 0 Å². The number of rotatable bonds is 6. The maximum atomic E-state index is 13.0. The molecule has 0 bridgehead atoms. The van der Waals surface area contributed by atoms with Crippen LogP contribution in [-0.4, -0.2) is 35.7 Å². The van der Waals surface area contributed by atoms with Crippen molar-refractivity contribution in [3.8, 4) is 0 Å². The minimum Gasteiger partial charge on any atom is -0.469 e. The molecule has 0 fully saturated rings. The molecule has 7 nitrogen and oxygen atoms in total. The third-order valence-corrected chi connectivity index (χ3v) is 5.29. The molecule has 0 heterocycles. The van der Waals surface area contributed by atoms with E-state index in [-0.39, 0.29) is 12.1 Å². The summed E-state index contributed by atoms with van der Waals surface area (Å²) in [5, 5.41) is 0.744. The fourth-order valence-electron chi connectivity index (χ4n) is 2.04. The van der Waals surface area contributed by atoms with Gasteiger partial charge in [-0.3, -0.25) is 9.52 Å². The third kappa shape index (κ3) is 4.42. The lowest BCUT2D eigenvalue weighted by Crippen LogP contribution is -2.19. The molecule has 0 unspecified atom stereocenters. The van der Waals surface area contributed by atoms with E-state index in [1.54, 1.807) is 0 Å². The zero-order chi connectivity index (χ0) is 18.0. The van der Waals surface area contributed by atoms with E-state index in [1.165, 1.54) is 24.3 Å². The molecule has 0 saturated heterocycles. The molecule has 24 heavy (non-hydrogen) atoms. The predicted octanol–water partition coefficient (Wildman–Crippen LogP) is 1.80. The third-order valence-electron chi connectivity index (χ3n) is 3.20. The Labute approximate surface area is 138 Å². The number of anilines is 1. The quantitative estimate of drug-likeness (QED) is 0.609. The van der Waals surface area contributed by atoms with Crippen molar-refractivity contribution in [3.63, 3.8) is 0 Å². The van der Waals surface area contributed by atoms with Crippen LogP contribution < -0.4 is 4.72 Å². The molecule has 0 amide bonds. The lowest BCUT2D eigenvalue weighted by Gasteiger charge is -2.11. The number of carbonyl (C=O) groups is 1. The molecule has 0 saturated carbocycles. The van der Waals surface area contributed by atoms with Crippen LogP contribution in [0.25, 0.3) is 10.8 Å². The van der Waals surface area contributed by atoms with Crippen molar-refractivity contribution in [3.05, 3.63) is 36.4 Å². The maximum absolute atomic E-state index is 13.0. The number of hydrogen-bond donors (Lipinski definition) is 1. The summed E-state index contributed by atoms with van der Waals surface area (Å²) in [4.78, 5) is 10.5. The molecule has 0 aliphatic rings. The van der Waals surface area contributed by atoms with E-state index < -0.39 is 36.9 Å². The first-order chi connectivity index (χ1) is 11.1. The minimum atomic E-state index is -4.85. The number of sulfonamides is 1. The molecule has 0 aromatic heterocycles. The Morgan fingerprint density at radius 3 is 2.50 bits per heavy atom. The normalized spacial score (nSPS) is 12.1. The smallest absolute Gasteiger partial charge is 0.332 e. The van der Waals surface area contributed by atoms with Crippen molar-refractivity contribution in [2.45, 2.75) is 11.3 Å². The Morgan fingerprint density at radius 1 is 1.17 bits per heavy atom. The zero-order valence-corrected chi connectivity index (χ0v) is 14.2. The fourth-order valence-corrected chi connectivity index (χ4v) is 3.59. The van der Waals surface area contributed by atoms with Gasteiger partial charge in [0.25, 0.3) is 0 Å². The average molecular weight is 375 g/mol. The monoisotopic (exact) mass is 375 g/mol. The highest BCUT2D eigenvalue weighted by atomic mass is 32.3. The summed E-state index contributed by atoms with van der Waals surface area (Å²) in [5.74, 6) is -1.12. The van der Waals surface area contributed by atoms with Crippen LogP contribution in [-0.2, 0) is 29.8 Å². The molecule has 0 aliphatic carbocycles. The summed E-state index contributed by atoms with van der Waals surface area (Å²) in [6.45, 7) is 0. The van der Waals surface area contributed by atoms with Gasteiger partial charge in [0, 0.05) is 5.39 Å². The molecule has 2 rings (SSSR count). The molecule has 130 valence electrons. The Kier molecular flexibility index (Phi) is 5.09. The lowest BCUT2D eigenvalue weighted by molar-refractivity contribution is -0.140.